The molecule has 3 aliphatic rings. The number of fused-ring (bicyclic) bond motifs is 2. The largest absolute Gasteiger partial charge is 0.296 e. The minimum Gasteiger partial charge on any atom is -0.296 e. The van der Waals surface area contributed by atoms with E-state index in [9.17, 15) is 13.2 Å². The van der Waals surface area contributed by atoms with Crippen molar-refractivity contribution in [3.05, 3.63) is 29.3 Å². The molecule has 3 atom stereocenters. The number of Topliss-reactive ketones (excluding diaryl/α,β-unsaturated/α-hetero) is 1. The molecular formula is C21H30N2O3S. The van der Waals surface area contributed by atoms with Gasteiger partial charge in [0, 0.05) is 18.2 Å². The summed E-state index contributed by atoms with van der Waals surface area (Å²) in [6.07, 6.45) is 8.52. The molecule has 2 heterocycles. The molecule has 148 valence electrons. The Morgan fingerprint density at radius 1 is 1.15 bits per heavy atom. The Bertz CT molecular complexity index is 836. The molecule has 1 saturated heterocycles. The summed E-state index contributed by atoms with van der Waals surface area (Å²) in [5.74, 6) is 1.79. The maximum absolute atomic E-state index is 12.9. The van der Waals surface area contributed by atoms with E-state index in [1.165, 1.54) is 42.7 Å². The van der Waals surface area contributed by atoms with Crippen LogP contribution < -0.4 is 4.31 Å². The number of hydrogen-bond acceptors (Lipinski definition) is 4. The van der Waals surface area contributed by atoms with Gasteiger partial charge in [0.1, 0.15) is 0 Å². The molecule has 5 nitrogen and oxygen atoms in total. The fraction of sp³-hybridized carbons (Fsp3) is 0.667. The van der Waals surface area contributed by atoms with Crippen LogP contribution in [0.4, 0.5) is 5.69 Å². The van der Waals surface area contributed by atoms with Gasteiger partial charge in [0.15, 0.2) is 5.78 Å². The minimum absolute atomic E-state index is 0.0920. The Morgan fingerprint density at radius 2 is 1.89 bits per heavy atom. The smallest absolute Gasteiger partial charge is 0.232 e. The third-order valence-electron chi connectivity index (χ3n) is 6.65. The summed E-state index contributed by atoms with van der Waals surface area (Å²) in [4.78, 5) is 15.2. The van der Waals surface area contributed by atoms with Gasteiger partial charge in [-0.1, -0.05) is 19.3 Å². The molecule has 1 aromatic rings. The van der Waals surface area contributed by atoms with Crippen molar-refractivity contribution in [1.82, 2.24) is 4.90 Å². The molecule has 0 aromatic heterocycles. The number of sulfonamides is 1. The van der Waals surface area contributed by atoms with Crippen molar-refractivity contribution < 1.29 is 13.2 Å². The molecular weight excluding hydrogens is 360 g/mol. The van der Waals surface area contributed by atoms with Crippen LogP contribution in [-0.2, 0) is 16.4 Å². The number of rotatable bonds is 4. The van der Waals surface area contributed by atoms with E-state index in [-0.39, 0.29) is 11.8 Å². The molecule has 27 heavy (non-hydrogen) atoms. The summed E-state index contributed by atoms with van der Waals surface area (Å²) in [5.41, 5.74) is 2.40. The Balaban J connectivity index is 1.45. The molecule has 0 radical (unpaired) electrons. The fourth-order valence-corrected chi connectivity index (χ4v) is 6.66. The van der Waals surface area contributed by atoms with Crippen LogP contribution in [0.25, 0.3) is 0 Å². The van der Waals surface area contributed by atoms with Crippen LogP contribution in [-0.4, -0.2) is 51.0 Å². The molecule has 6 heteroatoms. The molecule has 0 unspecified atom stereocenters. The summed E-state index contributed by atoms with van der Waals surface area (Å²) in [6, 6.07) is 5.42. The molecule has 0 N–H and O–H groups in total. The van der Waals surface area contributed by atoms with E-state index in [0.29, 0.717) is 18.5 Å². The van der Waals surface area contributed by atoms with Crippen LogP contribution in [0, 0.1) is 11.8 Å². The summed E-state index contributed by atoms with van der Waals surface area (Å²) >= 11 is 0. The zero-order valence-electron chi connectivity index (χ0n) is 16.4. The maximum atomic E-state index is 12.9. The normalized spacial score (nSPS) is 28.7. The first-order chi connectivity index (χ1) is 12.8. The van der Waals surface area contributed by atoms with Gasteiger partial charge < -0.3 is 0 Å². The van der Waals surface area contributed by atoms with E-state index in [1.54, 1.807) is 12.1 Å². The van der Waals surface area contributed by atoms with Gasteiger partial charge in [-0.2, -0.15) is 0 Å². The lowest BCUT2D eigenvalue weighted by Gasteiger charge is -2.41. The lowest BCUT2D eigenvalue weighted by Crippen LogP contribution is -2.43. The van der Waals surface area contributed by atoms with Crippen LogP contribution in [0.3, 0.4) is 0 Å². The monoisotopic (exact) mass is 390 g/mol. The quantitative estimate of drug-likeness (QED) is 0.742. The molecule has 2 aliphatic heterocycles. The molecule has 1 aromatic carbocycles. The van der Waals surface area contributed by atoms with Gasteiger partial charge in [-0.05, 0) is 68.3 Å². The van der Waals surface area contributed by atoms with Gasteiger partial charge in [-0.3, -0.25) is 14.0 Å². The first-order valence-corrected chi connectivity index (χ1v) is 12.1. The average molecular weight is 391 g/mol. The molecule has 4 rings (SSSR count). The highest BCUT2D eigenvalue weighted by atomic mass is 32.2. The van der Waals surface area contributed by atoms with E-state index >= 15 is 0 Å². The maximum Gasteiger partial charge on any atom is 0.232 e. The average Bonchev–Trinajstić information content (AvgIpc) is 2.96. The predicted octanol–water partition coefficient (Wildman–Crippen LogP) is 3.09. The number of carbonyl (C=O) groups is 1. The standard InChI is InChI=1S/C21H30N2O3S/c1-15-11-19-12-17(7-8-20(19)23(15)27(2,25)26)21(24)14-22-10-9-16-5-3-4-6-18(16)13-22/h7-8,12,15-16,18H,3-6,9-11,13-14H2,1-2H3/t15-,16-,18-/m1/s1. The van der Waals surface area contributed by atoms with Crippen LogP contribution in [0.1, 0.15) is 54.9 Å². The van der Waals surface area contributed by atoms with Gasteiger partial charge >= 0.3 is 0 Å². The Morgan fingerprint density at radius 3 is 2.63 bits per heavy atom. The second kappa shape index (κ2) is 7.21. The Hall–Kier alpha value is -1.40. The zero-order chi connectivity index (χ0) is 19.2. The topological polar surface area (TPSA) is 57.7 Å². The van der Waals surface area contributed by atoms with E-state index in [0.717, 1.165) is 36.2 Å². The van der Waals surface area contributed by atoms with Crippen LogP contribution >= 0.6 is 0 Å². The number of carbonyl (C=O) groups excluding carboxylic acids is 1. The van der Waals surface area contributed by atoms with Crippen molar-refractivity contribution in [3.8, 4) is 0 Å². The molecule has 0 bridgehead atoms. The molecule has 1 aliphatic carbocycles. The SMILES string of the molecule is C[C@@H]1Cc2cc(C(=O)CN3CC[C@H]4CCCC[C@@H]4C3)ccc2N1S(C)(=O)=O. The molecule has 0 spiro atoms. The van der Waals surface area contributed by atoms with Crippen LogP contribution in [0.2, 0.25) is 0 Å². The minimum atomic E-state index is -3.29. The summed E-state index contributed by atoms with van der Waals surface area (Å²) in [6.45, 7) is 4.47. The number of benzene rings is 1. The van der Waals surface area contributed by atoms with Crippen molar-refractivity contribution in [3.63, 3.8) is 0 Å². The van der Waals surface area contributed by atoms with Crippen molar-refractivity contribution in [2.75, 3.05) is 30.2 Å². The van der Waals surface area contributed by atoms with Gasteiger partial charge in [0.2, 0.25) is 10.0 Å². The first-order valence-electron chi connectivity index (χ1n) is 10.2. The van der Waals surface area contributed by atoms with Crippen molar-refractivity contribution >= 4 is 21.5 Å². The number of nitrogens with zero attached hydrogens (tertiary/aromatic N) is 2. The van der Waals surface area contributed by atoms with Crippen molar-refractivity contribution in [2.24, 2.45) is 11.8 Å². The van der Waals surface area contributed by atoms with E-state index < -0.39 is 10.0 Å². The third-order valence-corrected chi connectivity index (χ3v) is 7.93. The van der Waals surface area contributed by atoms with Crippen LogP contribution in [0.15, 0.2) is 18.2 Å². The summed E-state index contributed by atoms with van der Waals surface area (Å²) in [5, 5.41) is 0. The first kappa shape index (κ1) is 18.9. The second-order valence-electron chi connectivity index (χ2n) is 8.71. The zero-order valence-corrected chi connectivity index (χ0v) is 17.2. The highest BCUT2D eigenvalue weighted by molar-refractivity contribution is 7.92. The fourth-order valence-electron chi connectivity index (χ4n) is 5.40. The lowest BCUT2D eigenvalue weighted by atomic mass is 9.75. The summed E-state index contributed by atoms with van der Waals surface area (Å²) in [7, 11) is -3.29. The second-order valence-corrected chi connectivity index (χ2v) is 10.6. The van der Waals surface area contributed by atoms with Crippen LogP contribution in [0.5, 0.6) is 0 Å². The Labute approximate surface area is 162 Å². The summed E-state index contributed by atoms with van der Waals surface area (Å²) < 4.78 is 25.6. The van der Waals surface area contributed by atoms with E-state index in [2.05, 4.69) is 4.90 Å². The number of ketones is 1. The molecule has 1 saturated carbocycles. The number of hydrogen-bond donors (Lipinski definition) is 0. The Kier molecular flexibility index (Phi) is 5.06. The van der Waals surface area contributed by atoms with Gasteiger partial charge in [0.05, 0.1) is 18.5 Å². The highest BCUT2D eigenvalue weighted by Crippen LogP contribution is 2.37. The van der Waals surface area contributed by atoms with Gasteiger partial charge in [-0.25, -0.2) is 8.42 Å². The van der Waals surface area contributed by atoms with Crippen molar-refractivity contribution in [1.29, 1.82) is 0 Å². The predicted molar refractivity (Wildman–Crippen MR) is 108 cm³/mol. The molecule has 2 fully saturated rings. The van der Waals surface area contributed by atoms with Gasteiger partial charge in [0.25, 0.3) is 0 Å². The number of anilines is 1. The third kappa shape index (κ3) is 3.79. The van der Waals surface area contributed by atoms with E-state index in [4.69, 9.17) is 0 Å². The molecule has 0 amide bonds. The highest BCUT2D eigenvalue weighted by Gasteiger charge is 2.34. The van der Waals surface area contributed by atoms with Gasteiger partial charge in [-0.15, -0.1) is 0 Å². The lowest BCUT2D eigenvalue weighted by molar-refractivity contribution is 0.0713. The van der Waals surface area contributed by atoms with E-state index in [1.807, 2.05) is 13.0 Å². The number of likely N-dealkylation sites (tertiary alicyclic amines) is 1. The van der Waals surface area contributed by atoms with Crippen molar-refractivity contribution in [2.45, 2.75) is 51.5 Å². The number of piperidine rings is 1.